The Kier molecular flexibility index (Phi) is 4.05. The maximum absolute atomic E-state index is 12.9. The Bertz CT molecular complexity index is 638. The molecule has 0 fully saturated rings. The van der Waals surface area contributed by atoms with Gasteiger partial charge in [-0.2, -0.15) is 0 Å². The van der Waals surface area contributed by atoms with Crippen LogP contribution in [0.4, 0.5) is 5.69 Å². The van der Waals surface area contributed by atoms with Gasteiger partial charge in [0, 0.05) is 15.8 Å². The molecule has 2 aromatic carbocycles. The van der Waals surface area contributed by atoms with Crippen LogP contribution < -0.4 is 4.90 Å². The van der Waals surface area contributed by atoms with Crippen molar-refractivity contribution in [2.24, 2.45) is 0 Å². The van der Waals surface area contributed by atoms with Crippen molar-refractivity contribution in [1.82, 2.24) is 0 Å². The van der Waals surface area contributed by atoms with E-state index in [0.29, 0.717) is 0 Å². The molecule has 1 heterocycles. The summed E-state index contributed by atoms with van der Waals surface area (Å²) in [6.45, 7) is 0.806. The van der Waals surface area contributed by atoms with E-state index in [2.05, 4.69) is 40.8 Å². The summed E-state index contributed by atoms with van der Waals surface area (Å²) in [6.07, 6.45) is 3.27. The van der Waals surface area contributed by atoms with Crippen LogP contribution in [0.15, 0.2) is 48.5 Å². The van der Waals surface area contributed by atoms with Crippen LogP contribution >= 0.6 is 22.6 Å². The molecule has 3 heteroatoms. The molecule has 0 atom stereocenters. The van der Waals surface area contributed by atoms with Gasteiger partial charge in [-0.15, -0.1) is 0 Å². The second-order valence-corrected chi connectivity index (χ2v) is 6.18. The smallest absolute Gasteiger partial charge is 0.259 e. The van der Waals surface area contributed by atoms with Gasteiger partial charge in [0.2, 0.25) is 0 Å². The van der Waals surface area contributed by atoms with Gasteiger partial charge in [0.25, 0.3) is 5.91 Å². The largest absolute Gasteiger partial charge is 0.308 e. The van der Waals surface area contributed by atoms with Gasteiger partial charge in [0.1, 0.15) is 0 Å². The lowest BCUT2D eigenvalue weighted by Gasteiger charge is -2.23. The minimum Gasteiger partial charge on any atom is -0.308 e. The Hall–Kier alpha value is -1.36. The Morgan fingerprint density at radius 3 is 2.60 bits per heavy atom. The van der Waals surface area contributed by atoms with E-state index in [1.54, 1.807) is 0 Å². The lowest BCUT2D eigenvalue weighted by atomic mass is 10.1. The first kappa shape index (κ1) is 13.6. The summed E-state index contributed by atoms with van der Waals surface area (Å²) in [5.41, 5.74) is 3.16. The van der Waals surface area contributed by atoms with E-state index < -0.39 is 0 Å². The number of carbonyl (C=O) groups is 1. The average molecular weight is 377 g/mol. The van der Waals surface area contributed by atoms with Crippen molar-refractivity contribution in [3.05, 3.63) is 63.2 Å². The number of nitrogens with zero attached hydrogens (tertiary/aromatic N) is 1. The quantitative estimate of drug-likeness (QED) is 0.680. The highest BCUT2D eigenvalue weighted by molar-refractivity contribution is 14.1. The first-order valence-electron chi connectivity index (χ1n) is 6.91. The zero-order valence-corrected chi connectivity index (χ0v) is 13.3. The Balaban J connectivity index is 2.02. The molecule has 0 saturated carbocycles. The summed E-state index contributed by atoms with van der Waals surface area (Å²) in [5.74, 6) is 0.115. The first-order valence-corrected chi connectivity index (χ1v) is 7.99. The van der Waals surface area contributed by atoms with E-state index >= 15 is 0 Å². The zero-order valence-electron chi connectivity index (χ0n) is 11.2. The molecule has 0 bridgehead atoms. The summed E-state index contributed by atoms with van der Waals surface area (Å²) < 4.78 is 1.01. The van der Waals surface area contributed by atoms with E-state index in [4.69, 9.17) is 0 Å². The number of aryl methyl sites for hydroxylation is 1. The van der Waals surface area contributed by atoms with E-state index in [1.165, 1.54) is 5.56 Å². The molecular formula is C17H16INO. The fourth-order valence-corrected chi connectivity index (χ4v) is 3.30. The molecule has 2 aromatic rings. The van der Waals surface area contributed by atoms with Gasteiger partial charge in [0.05, 0.1) is 5.56 Å². The van der Waals surface area contributed by atoms with E-state index in [-0.39, 0.29) is 5.91 Å². The minimum atomic E-state index is 0.115. The summed E-state index contributed by atoms with van der Waals surface area (Å²) in [7, 11) is 0. The number of hydrogen-bond acceptors (Lipinski definition) is 1. The van der Waals surface area contributed by atoms with Crippen LogP contribution in [0, 0.1) is 3.57 Å². The van der Waals surface area contributed by atoms with E-state index in [9.17, 15) is 4.79 Å². The number of hydrogen-bond donors (Lipinski definition) is 0. The predicted molar refractivity (Wildman–Crippen MR) is 90.2 cm³/mol. The SMILES string of the molecule is O=C(c1ccccc1I)N1CCCCc2ccccc21. The van der Waals surface area contributed by atoms with Crippen LogP contribution in [0.2, 0.25) is 0 Å². The topological polar surface area (TPSA) is 20.3 Å². The Morgan fingerprint density at radius 2 is 1.75 bits per heavy atom. The second-order valence-electron chi connectivity index (χ2n) is 5.02. The van der Waals surface area contributed by atoms with Crippen molar-refractivity contribution >= 4 is 34.2 Å². The summed E-state index contributed by atoms with van der Waals surface area (Å²) >= 11 is 2.23. The van der Waals surface area contributed by atoms with Gasteiger partial charge in [-0.3, -0.25) is 4.79 Å². The highest BCUT2D eigenvalue weighted by atomic mass is 127. The molecule has 102 valence electrons. The minimum absolute atomic E-state index is 0.115. The predicted octanol–water partition coefficient (Wildman–Crippen LogP) is 4.27. The van der Waals surface area contributed by atoms with Gasteiger partial charge in [-0.25, -0.2) is 0 Å². The molecule has 0 N–H and O–H groups in total. The summed E-state index contributed by atoms with van der Waals surface area (Å²) in [6, 6.07) is 16.1. The van der Waals surface area contributed by atoms with Crippen LogP contribution in [-0.2, 0) is 6.42 Å². The molecule has 0 aromatic heterocycles. The highest BCUT2D eigenvalue weighted by Crippen LogP contribution is 2.28. The van der Waals surface area contributed by atoms with Crippen molar-refractivity contribution < 1.29 is 4.79 Å². The zero-order chi connectivity index (χ0) is 13.9. The fraction of sp³-hybridized carbons (Fsp3) is 0.235. The number of amides is 1. The summed E-state index contributed by atoms with van der Waals surface area (Å²) in [4.78, 5) is 14.8. The molecule has 0 aliphatic carbocycles. The van der Waals surface area contributed by atoms with Crippen molar-refractivity contribution in [2.75, 3.05) is 11.4 Å². The third-order valence-corrected chi connectivity index (χ3v) is 4.65. The summed E-state index contributed by atoms with van der Waals surface area (Å²) in [5, 5.41) is 0. The van der Waals surface area contributed by atoms with Crippen molar-refractivity contribution in [1.29, 1.82) is 0 Å². The fourth-order valence-electron chi connectivity index (χ4n) is 2.68. The number of anilines is 1. The average Bonchev–Trinajstić information content (AvgIpc) is 2.69. The molecule has 1 amide bonds. The molecule has 2 nitrogen and oxygen atoms in total. The molecule has 20 heavy (non-hydrogen) atoms. The van der Waals surface area contributed by atoms with Gasteiger partial charge >= 0.3 is 0 Å². The third-order valence-electron chi connectivity index (χ3n) is 3.71. The standard InChI is InChI=1S/C17H16INO/c18-15-10-3-2-9-14(15)17(20)19-12-6-5-8-13-7-1-4-11-16(13)19/h1-4,7,9-11H,5-6,8,12H2. The highest BCUT2D eigenvalue weighted by Gasteiger charge is 2.23. The maximum atomic E-state index is 12.9. The van der Waals surface area contributed by atoms with Crippen LogP contribution in [0.5, 0.6) is 0 Å². The molecule has 1 aliphatic rings. The third kappa shape index (κ3) is 2.59. The van der Waals surface area contributed by atoms with Crippen LogP contribution in [0.25, 0.3) is 0 Å². The van der Waals surface area contributed by atoms with Gasteiger partial charge in [-0.1, -0.05) is 30.3 Å². The normalized spacial score (nSPS) is 14.6. The number of para-hydroxylation sites is 1. The number of rotatable bonds is 1. The molecular weight excluding hydrogens is 361 g/mol. The molecule has 0 saturated heterocycles. The Morgan fingerprint density at radius 1 is 1.00 bits per heavy atom. The lowest BCUT2D eigenvalue weighted by molar-refractivity contribution is 0.0986. The second kappa shape index (κ2) is 5.95. The molecule has 0 radical (unpaired) electrons. The molecule has 1 aliphatic heterocycles. The first-order chi connectivity index (χ1) is 9.77. The van der Waals surface area contributed by atoms with Crippen LogP contribution in [0.3, 0.4) is 0 Å². The van der Waals surface area contributed by atoms with Crippen molar-refractivity contribution in [3.8, 4) is 0 Å². The number of fused-ring (bicyclic) bond motifs is 1. The number of halogens is 1. The van der Waals surface area contributed by atoms with Crippen LogP contribution in [-0.4, -0.2) is 12.5 Å². The molecule has 0 unspecified atom stereocenters. The van der Waals surface area contributed by atoms with Crippen molar-refractivity contribution in [3.63, 3.8) is 0 Å². The number of benzene rings is 2. The molecule has 0 spiro atoms. The lowest BCUT2D eigenvalue weighted by Crippen LogP contribution is -2.32. The van der Waals surface area contributed by atoms with Crippen LogP contribution in [0.1, 0.15) is 28.8 Å². The van der Waals surface area contributed by atoms with Gasteiger partial charge in [-0.05, 0) is 65.6 Å². The maximum Gasteiger partial charge on any atom is 0.259 e. The van der Waals surface area contributed by atoms with Gasteiger partial charge < -0.3 is 4.90 Å². The van der Waals surface area contributed by atoms with E-state index in [1.807, 2.05) is 35.2 Å². The Labute approximate surface area is 132 Å². The molecule has 3 rings (SSSR count). The van der Waals surface area contributed by atoms with E-state index in [0.717, 1.165) is 40.6 Å². The van der Waals surface area contributed by atoms with Crippen molar-refractivity contribution in [2.45, 2.75) is 19.3 Å². The number of carbonyl (C=O) groups excluding carboxylic acids is 1. The van der Waals surface area contributed by atoms with Gasteiger partial charge in [0.15, 0.2) is 0 Å². The monoisotopic (exact) mass is 377 g/mol.